The standard InChI is InChI=1S/C24H22F3N7O3/c25-24(26,27)22-31-20(32-37-22)15-4-7-17(8-5-15)30-23(36)34-11-2-1-3-18(34)13-29-21(35)16-6-9-19-28-10-12-33(19)14-16/h4-10,12,14,18H,1-3,11,13H2,(H,29,35)(H,30,36). The molecule has 10 nitrogen and oxygen atoms in total. The fourth-order valence-electron chi connectivity index (χ4n) is 4.20. The predicted octanol–water partition coefficient (Wildman–Crippen LogP) is 4.22. The topological polar surface area (TPSA) is 118 Å². The number of alkyl halides is 3. The van der Waals surface area contributed by atoms with E-state index in [1.165, 1.54) is 12.1 Å². The number of aromatic nitrogens is 4. The van der Waals surface area contributed by atoms with Crippen LogP contribution in [-0.4, -0.2) is 55.5 Å². The van der Waals surface area contributed by atoms with Crippen LogP contribution in [0.4, 0.5) is 23.7 Å². The van der Waals surface area contributed by atoms with Gasteiger partial charge in [-0.1, -0.05) is 5.16 Å². The molecule has 1 aromatic carbocycles. The Hall–Kier alpha value is -4.42. The Morgan fingerprint density at radius 3 is 2.68 bits per heavy atom. The Balaban J connectivity index is 1.20. The van der Waals surface area contributed by atoms with E-state index in [0.717, 1.165) is 24.9 Å². The van der Waals surface area contributed by atoms with E-state index in [2.05, 4.69) is 30.3 Å². The number of fused-ring (bicyclic) bond motifs is 1. The first-order valence-corrected chi connectivity index (χ1v) is 11.6. The largest absolute Gasteiger partial charge is 0.471 e. The maximum Gasteiger partial charge on any atom is 0.471 e. The van der Waals surface area contributed by atoms with Crippen LogP contribution in [0.5, 0.6) is 0 Å². The maximum absolute atomic E-state index is 13.0. The van der Waals surface area contributed by atoms with E-state index in [1.807, 2.05) is 0 Å². The normalized spacial score (nSPS) is 16.1. The minimum Gasteiger partial charge on any atom is -0.350 e. The van der Waals surface area contributed by atoms with Crippen LogP contribution < -0.4 is 10.6 Å². The highest BCUT2D eigenvalue weighted by molar-refractivity contribution is 5.94. The van der Waals surface area contributed by atoms with Gasteiger partial charge in [-0.15, -0.1) is 0 Å². The van der Waals surface area contributed by atoms with Crippen molar-refractivity contribution in [2.45, 2.75) is 31.5 Å². The number of urea groups is 1. The Morgan fingerprint density at radius 1 is 1.11 bits per heavy atom. The van der Waals surface area contributed by atoms with E-state index in [9.17, 15) is 22.8 Å². The number of carbonyl (C=O) groups excluding carboxylic acids is 2. The van der Waals surface area contributed by atoms with Gasteiger partial charge < -0.3 is 24.5 Å². The Labute approximate surface area is 208 Å². The minimum absolute atomic E-state index is 0.186. The number of amides is 3. The fraction of sp³-hybridized carbons (Fsp3) is 0.292. The van der Waals surface area contributed by atoms with Crippen molar-refractivity contribution >= 4 is 23.3 Å². The van der Waals surface area contributed by atoms with Crippen LogP contribution in [0.25, 0.3) is 17.0 Å². The maximum atomic E-state index is 13.0. The quantitative estimate of drug-likeness (QED) is 0.413. The van der Waals surface area contributed by atoms with Crippen molar-refractivity contribution < 1.29 is 27.3 Å². The molecule has 0 spiro atoms. The van der Waals surface area contributed by atoms with Crippen LogP contribution in [0.2, 0.25) is 0 Å². The molecule has 2 N–H and O–H groups in total. The van der Waals surface area contributed by atoms with Gasteiger partial charge in [0.25, 0.3) is 5.91 Å². The Kier molecular flexibility index (Phi) is 6.51. The van der Waals surface area contributed by atoms with E-state index < -0.39 is 12.1 Å². The van der Waals surface area contributed by atoms with Crippen molar-refractivity contribution in [3.8, 4) is 11.4 Å². The first kappa shape index (κ1) is 24.3. The van der Waals surface area contributed by atoms with Crippen LogP contribution in [0.1, 0.15) is 35.5 Å². The van der Waals surface area contributed by atoms with E-state index in [1.54, 1.807) is 52.2 Å². The van der Waals surface area contributed by atoms with Gasteiger partial charge in [0.2, 0.25) is 5.82 Å². The number of likely N-dealkylation sites (tertiary alicyclic amines) is 1. The lowest BCUT2D eigenvalue weighted by molar-refractivity contribution is -0.159. The molecule has 1 unspecified atom stereocenters. The summed E-state index contributed by atoms with van der Waals surface area (Å²) >= 11 is 0. The van der Waals surface area contributed by atoms with Crippen LogP contribution in [0, 0.1) is 0 Å². The van der Waals surface area contributed by atoms with Gasteiger partial charge in [0.05, 0.1) is 11.6 Å². The van der Waals surface area contributed by atoms with E-state index in [0.29, 0.717) is 29.9 Å². The molecule has 0 aliphatic carbocycles. The fourth-order valence-corrected chi connectivity index (χ4v) is 4.20. The zero-order valence-corrected chi connectivity index (χ0v) is 19.4. The predicted molar refractivity (Wildman–Crippen MR) is 126 cm³/mol. The van der Waals surface area contributed by atoms with Crippen molar-refractivity contribution in [1.82, 2.24) is 29.7 Å². The molecule has 1 fully saturated rings. The molecule has 5 rings (SSSR count). The Morgan fingerprint density at radius 2 is 1.92 bits per heavy atom. The van der Waals surface area contributed by atoms with E-state index in [4.69, 9.17) is 0 Å². The first-order valence-electron chi connectivity index (χ1n) is 11.6. The summed E-state index contributed by atoms with van der Waals surface area (Å²) in [5.41, 5.74) is 1.99. The van der Waals surface area contributed by atoms with E-state index in [-0.39, 0.29) is 23.8 Å². The van der Waals surface area contributed by atoms with E-state index >= 15 is 0 Å². The van der Waals surface area contributed by atoms with Gasteiger partial charge in [0.15, 0.2) is 0 Å². The highest BCUT2D eigenvalue weighted by atomic mass is 19.4. The second-order valence-electron chi connectivity index (χ2n) is 8.59. The van der Waals surface area contributed by atoms with Gasteiger partial charge in [-0.3, -0.25) is 4.79 Å². The highest BCUT2D eigenvalue weighted by Gasteiger charge is 2.38. The third kappa shape index (κ3) is 5.39. The number of hydrogen-bond acceptors (Lipinski definition) is 6. The lowest BCUT2D eigenvalue weighted by Gasteiger charge is -2.35. The molecule has 3 aromatic heterocycles. The number of benzene rings is 1. The number of halogens is 3. The molecule has 0 radical (unpaired) electrons. The van der Waals surface area contributed by atoms with Gasteiger partial charge in [-0.05, 0) is 55.7 Å². The smallest absolute Gasteiger partial charge is 0.350 e. The molecular weight excluding hydrogens is 491 g/mol. The molecule has 4 heterocycles. The van der Waals surface area contributed by atoms with Gasteiger partial charge in [-0.25, -0.2) is 9.78 Å². The molecular formula is C24H22F3N7O3. The third-order valence-corrected chi connectivity index (χ3v) is 6.10. The first-order chi connectivity index (χ1) is 17.8. The third-order valence-electron chi connectivity index (χ3n) is 6.10. The van der Waals surface area contributed by atoms with Gasteiger partial charge in [0.1, 0.15) is 5.65 Å². The zero-order chi connectivity index (χ0) is 26.0. The van der Waals surface area contributed by atoms with Gasteiger partial charge in [-0.2, -0.15) is 18.2 Å². The van der Waals surface area contributed by atoms with Crippen molar-refractivity contribution in [3.05, 3.63) is 66.4 Å². The van der Waals surface area contributed by atoms with Crippen LogP contribution in [0.15, 0.2) is 59.5 Å². The number of piperidine rings is 1. The van der Waals surface area contributed by atoms with Crippen molar-refractivity contribution in [3.63, 3.8) is 0 Å². The van der Waals surface area contributed by atoms with Crippen LogP contribution in [-0.2, 0) is 6.18 Å². The Bertz CT molecular complexity index is 1410. The molecule has 13 heteroatoms. The second kappa shape index (κ2) is 9.91. The molecule has 1 atom stereocenters. The monoisotopic (exact) mass is 513 g/mol. The molecule has 0 saturated carbocycles. The van der Waals surface area contributed by atoms with Gasteiger partial charge >= 0.3 is 18.1 Å². The summed E-state index contributed by atoms with van der Waals surface area (Å²) in [6, 6.07) is 9.02. The number of nitrogens with one attached hydrogen (secondary N) is 2. The number of nitrogens with zero attached hydrogens (tertiary/aromatic N) is 5. The molecule has 37 heavy (non-hydrogen) atoms. The lowest BCUT2D eigenvalue weighted by Crippen LogP contribution is -2.50. The number of pyridine rings is 1. The molecule has 1 aliphatic heterocycles. The van der Waals surface area contributed by atoms with Gasteiger partial charge in [0, 0.05) is 42.9 Å². The molecule has 0 bridgehead atoms. The van der Waals surface area contributed by atoms with Crippen molar-refractivity contribution in [1.29, 1.82) is 0 Å². The van der Waals surface area contributed by atoms with Crippen molar-refractivity contribution in [2.75, 3.05) is 18.4 Å². The number of carbonyl (C=O) groups is 2. The van der Waals surface area contributed by atoms with Crippen LogP contribution in [0.3, 0.4) is 0 Å². The highest BCUT2D eigenvalue weighted by Crippen LogP contribution is 2.29. The number of anilines is 1. The average molecular weight is 513 g/mol. The van der Waals surface area contributed by atoms with Crippen molar-refractivity contribution in [2.24, 2.45) is 0 Å². The summed E-state index contributed by atoms with van der Waals surface area (Å²) in [6.07, 6.45) is 2.90. The summed E-state index contributed by atoms with van der Waals surface area (Å²) in [5, 5.41) is 9.08. The second-order valence-corrected chi connectivity index (χ2v) is 8.59. The summed E-state index contributed by atoms with van der Waals surface area (Å²) in [7, 11) is 0. The molecule has 1 aliphatic rings. The molecule has 1 saturated heterocycles. The molecule has 4 aromatic rings. The number of hydrogen-bond donors (Lipinski definition) is 2. The average Bonchev–Trinajstić information content (AvgIpc) is 3.57. The SMILES string of the molecule is O=C(NCC1CCCCN1C(=O)Nc1ccc(-c2noc(C(F)(F)F)n2)cc1)c1ccc2nccn2c1. The molecule has 3 amide bonds. The lowest BCUT2D eigenvalue weighted by atomic mass is 10.0. The number of imidazole rings is 1. The minimum atomic E-state index is -4.72. The van der Waals surface area contributed by atoms with Crippen LogP contribution >= 0.6 is 0 Å². The molecule has 192 valence electrons. The summed E-state index contributed by atoms with van der Waals surface area (Å²) in [6.45, 7) is 0.834. The summed E-state index contributed by atoms with van der Waals surface area (Å²) in [5.74, 6) is -1.87. The number of rotatable bonds is 5. The summed E-state index contributed by atoms with van der Waals surface area (Å²) in [4.78, 5) is 34.9. The summed E-state index contributed by atoms with van der Waals surface area (Å²) < 4.78 is 44.1. The zero-order valence-electron chi connectivity index (χ0n) is 19.4.